The van der Waals surface area contributed by atoms with Crippen LogP contribution in [0, 0.1) is 0 Å². The fraction of sp³-hybridized carbons (Fsp3) is 0.750. The number of alkyl halides is 1. The Balaban J connectivity index is 2.90. The maximum atomic E-state index is 12.1. The Labute approximate surface area is 117 Å². The minimum atomic E-state index is -3.60. The summed E-state index contributed by atoms with van der Waals surface area (Å²) in [6.07, 6.45) is 0.697. The predicted octanol–water partition coefficient (Wildman–Crippen LogP) is 1.42. The van der Waals surface area contributed by atoms with E-state index in [2.05, 4.69) is 46.9 Å². The van der Waals surface area contributed by atoms with Crippen molar-refractivity contribution in [2.45, 2.75) is 36.2 Å². The molecule has 98 valence electrons. The first kappa shape index (κ1) is 15.1. The first-order valence-corrected chi connectivity index (χ1v) is 8.14. The van der Waals surface area contributed by atoms with Crippen LogP contribution in [0.15, 0.2) is 9.63 Å². The average molecular weight is 390 g/mol. The van der Waals surface area contributed by atoms with Gasteiger partial charge in [0.2, 0.25) is 5.03 Å². The van der Waals surface area contributed by atoms with Crippen molar-refractivity contribution in [1.29, 1.82) is 0 Å². The Bertz CT molecular complexity index is 466. The van der Waals surface area contributed by atoms with Crippen LogP contribution in [0.25, 0.3) is 0 Å². The lowest BCUT2D eigenvalue weighted by Crippen LogP contribution is -2.35. The van der Waals surface area contributed by atoms with Crippen LogP contribution in [0.5, 0.6) is 0 Å². The van der Waals surface area contributed by atoms with E-state index in [1.807, 2.05) is 13.8 Å². The Kier molecular flexibility index (Phi) is 5.11. The highest BCUT2D eigenvalue weighted by atomic mass is 79.9. The summed E-state index contributed by atoms with van der Waals surface area (Å²) < 4.78 is 28.2. The zero-order chi connectivity index (χ0) is 13.2. The molecule has 0 saturated heterocycles. The van der Waals surface area contributed by atoms with Crippen molar-refractivity contribution in [2.75, 3.05) is 0 Å². The van der Waals surface area contributed by atoms with Crippen molar-refractivity contribution in [3.05, 3.63) is 4.60 Å². The van der Waals surface area contributed by atoms with Crippen molar-refractivity contribution in [2.24, 2.45) is 7.05 Å². The first-order valence-electron chi connectivity index (χ1n) is 4.95. The summed E-state index contributed by atoms with van der Waals surface area (Å²) >= 11 is 6.46. The van der Waals surface area contributed by atoms with E-state index in [1.165, 1.54) is 11.7 Å². The smallest absolute Gasteiger partial charge is 0.235 e. The molecule has 0 aliphatic carbocycles. The van der Waals surface area contributed by atoms with Gasteiger partial charge in [-0.15, -0.1) is 5.10 Å². The van der Waals surface area contributed by atoms with E-state index in [1.54, 1.807) is 0 Å². The monoisotopic (exact) mass is 388 g/mol. The van der Waals surface area contributed by atoms with E-state index in [0.29, 0.717) is 6.42 Å². The standard InChI is InChI=1S/C8H14Br2N4O2S/c1-5(9)4-6(2)12-17(15,16)8-7(10)11-13-14(8)3/h5-6,12H,4H2,1-3H3. The van der Waals surface area contributed by atoms with Crippen LogP contribution >= 0.6 is 31.9 Å². The maximum Gasteiger partial charge on any atom is 0.260 e. The van der Waals surface area contributed by atoms with E-state index in [-0.39, 0.29) is 20.5 Å². The van der Waals surface area contributed by atoms with Gasteiger partial charge < -0.3 is 0 Å². The molecule has 1 aromatic rings. The van der Waals surface area contributed by atoms with Crippen molar-refractivity contribution in [3.63, 3.8) is 0 Å². The number of aryl methyl sites for hydroxylation is 1. The Morgan fingerprint density at radius 2 is 2.06 bits per heavy atom. The number of hydrogen-bond acceptors (Lipinski definition) is 4. The number of nitrogens with zero attached hydrogens (tertiary/aromatic N) is 3. The third-order valence-corrected chi connectivity index (χ3v) is 4.88. The normalized spacial score (nSPS) is 15.8. The molecule has 0 radical (unpaired) electrons. The second-order valence-corrected chi connectivity index (χ2v) is 7.79. The second-order valence-electron chi connectivity index (χ2n) is 3.85. The summed E-state index contributed by atoms with van der Waals surface area (Å²) in [7, 11) is -2.07. The van der Waals surface area contributed by atoms with Gasteiger partial charge in [0, 0.05) is 17.9 Å². The molecule has 0 amide bonds. The molecule has 1 rings (SSSR count). The van der Waals surface area contributed by atoms with E-state index in [9.17, 15) is 8.42 Å². The fourth-order valence-corrected chi connectivity index (χ4v) is 4.38. The minimum absolute atomic E-state index is 0.0339. The highest BCUT2D eigenvalue weighted by Crippen LogP contribution is 2.18. The molecule has 0 spiro atoms. The van der Waals surface area contributed by atoms with Crippen LogP contribution in [-0.2, 0) is 17.1 Å². The van der Waals surface area contributed by atoms with Gasteiger partial charge >= 0.3 is 0 Å². The molecule has 0 aromatic carbocycles. The molecular formula is C8H14Br2N4O2S. The molecule has 9 heteroatoms. The molecule has 0 fully saturated rings. The lowest BCUT2D eigenvalue weighted by molar-refractivity contribution is 0.533. The Hall–Kier alpha value is 0.0100. The molecule has 0 saturated carbocycles. The number of halogens is 2. The molecule has 0 aliphatic heterocycles. The van der Waals surface area contributed by atoms with E-state index in [4.69, 9.17) is 0 Å². The van der Waals surface area contributed by atoms with Crippen LogP contribution < -0.4 is 4.72 Å². The molecule has 17 heavy (non-hydrogen) atoms. The topological polar surface area (TPSA) is 76.9 Å². The van der Waals surface area contributed by atoms with Crippen LogP contribution in [0.2, 0.25) is 0 Å². The third-order valence-electron chi connectivity index (χ3n) is 2.03. The van der Waals surface area contributed by atoms with Gasteiger partial charge in [-0.05, 0) is 29.3 Å². The van der Waals surface area contributed by atoms with Gasteiger partial charge in [0.25, 0.3) is 10.0 Å². The third kappa shape index (κ3) is 4.01. The number of rotatable bonds is 5. The van der Waals surface area contributed by atoms with Crippen molar-refractivity contribution < 1.29 is 8.42 Å². The molecule has 1 heterocycles. The van der Waals surface area contributed by atoms with Crippen LogP contribution in [0.3, 0.4) is 0 Å². The number of hydrogen-bond donors (Lipinski definition) is 1. The molecule has 0 bridgehead atoms. The van der Waals surface area contributed by atoms with Crippen LogP contribution in [-0.4, -0.2) is 34.3 Å². The molecule has 1 aromatic heterocycles. The molecule has 2 unspecified atom stereocenters. The van der Waals surface area contributed by atoms with E-state index in [0.717, 1.165) is 0 Å². The summed E-state index contributed by atoms with van der Waals surface area (Å²) in [5.41, 5.74) is 0. The summed E-state index contributed by atoms with van der Waals surface area (Å²) in [6.45, 7) is 3.78. The van der Waals surface area contributed by atoms with Crippen LogP contribution in [0.4, 0.5) is 0 Å². The highest BCUT2D eigenvalue weighted by molar-refractivity contribution is 9.10. The van der Waals surface area contributed by atoms with Gasteiger partial charge in [0.15, 0.2) is 4.60 Å². The quantitative estimate of drug-likeness (QED) is 0.772. The van der Waals surface area contributed by atoms with Gasteiger partial charge in [-0.1, -0.05) is 28.1 Å². The lowest BCUT2D eigenvalue weighted by Gasteiger charge is -2.15. The zero-order valence-electron chi connectivity index (χ0n) is 9.68. The zero-order valence-corrected chi connectivity index (χ0v) is 13.7. The van der Waals surface area contributed by atoms with E-state index < -0.39 is 10.0 Å². The Morgan fingerprint density at radius 1 is 1.47 bits per heavy atom. The summed E-state index contributed by atoms with van der Waals surface area (Å²) in [4.78, 5) is 0.244. The maximum absolute atomic E-state index is 12.1. The molecule has 6 nitrogen and oxygen atoms in total. The molecular weight excluding hydrogens is 376 g/mol. The van der Waals surface area contributed by atoms with Gasteiger partial charge in [0.05, 0.1) is 0 Å². The van der Waals surface area contributed by atoms with Gasteiger partial charge in [-0.2, -0.15) is 0 Å². The lowest BCUT2D eigenvalue weighted by atomic mass is 10.2. The molecule has 0 aliphatic rings. The SMILES string of the molecule is CC(Br)CC(C)NS(=O)(=O)c1c(Br)nnn1C. The van der Waals surface area contributed by atoms with Gasteiger partial charge in [0.1, 0.15) is 0 Å². The number of aromatic nitrogens is 3. The summed E-state index contributed by atoms with van der Waals surface area (Å²) in [5.74, 6) is 0. The first-order chi connectivity index (χ1) is 7.74. The second kappa shape index (κ2) is 5.77. The van der Waals surface area contributed by atoms with Gasteiger partial charge in [-0.25, -0.2) is 17.8 Å². The van der Waals surface area contributed by atoms with E-state index >= 15 is 0 Å². The number of sulfonamides is 1. The fourth-order valence-electron chi connectivity index (χ4n) is 1.46. The van der Waals surface area contributed by atoms with Crippen molar-refractivity contribution >= 4 is 41.9 Å². The van der Waals surface area contributed by atoms with Crippen LogP contribution in [0.1, 0.15) is 20.3 Å². The molecule has 2 atom stereocenters. The van der Waals surface area contributed by atoms with Crippen molar-refractivity contribution in [1.82, 2.24) is 19.7 Å². The predicted molar refractivity (Wildman–Crippen MR) is 71.5 cm³/mol. The minimum Gasteiger partial charge on any atom is -0.235 e. The Morgan fingerprint density at radius 3 is 2.47 bits per heavy atom. The highest BCUT2D eigenvalue weighted by Gasteiger charge is 2.25. The average Bonchev–Trinajstić information content (AvgIpc) is 2.43. The molecule has 1 N–H and O–H groups in total. The van der Waals surface area contributed by atoms with Crippen molar-refractivity contribution in [3.8, 4) is 0 Å². The number of nitrogens with one attached hydrogen (secondary N) is 1. The summed E-state index contributed by atoms with van der Waals surface area (Å²) in [5, 5.41) is 7.33. The largest absolute Gasteiger partial charge is 0.260 e. The summed E-state index contributed by atoms with van der Waals surface area (Å²) in [6, 6.07) is -0.170. The van der Waals surface area contributed by atoms with Gasteiger partial charge in [-0.3, -0.25) is 0 Å².